The van der Waals surface area contributed by atoms with E-state index in [-0.39, 0.29) is 18.1 Å². The summed E-state index contributed by atoms with van der Waals surface area (Å²) >= 11 is 1.37. The van der Waals surface area contributed by atoms with Crippen molar-refractivity contribution in [1.29, 1.82) is 0 Å². The van der Waals surface area contributed by atoms with Crippen molar-refractivity contribution in [2.45, 2.75) is 20.3 Å². The van der Waals surface area contributed by atoms with Crippen LogP contribution in [0.1, 0.15) is 20.3 Å². The molecule has 16 heavy (non-hydrogen) atoms. The number of nitrogens with zero attached hydrogens (tertiary/aromatic N) is 1. The number of thiazole rings is 1. The minimum Gasteiger partial charge on any atom is -0.396 e. The van der Waals surface area contributed by atoms with Crippen LogP contribution in [-0.2, 0) is 0 Å². The summed E-state index contributed by atoms with van der Waals surface area (Å²) in [6.45, 7) is 4.63. The molecule has 6 heteroatoms. The number of hydrogen-bond acceptors (Lipinski definition) is 4. The molecule has 5 nitrogen and oxygen atoms in total. The summed E-state index contributed by atoms with van der Waals surface area (Å²) < 4.78 is 0. The summed E-state index contributed by atoms with van der Waals surface area (Å²) in [6, 6.07) is -0.263. The van der Waals surface area contributed by atoms with Crippen molar-refractivity contribution in [3.63, 3.8) is 0 Å². The fraction of sp³-hybridized carbons (Fsp3) is 0.600. The van der Waals surface area contributed by atoms with E-state index in [0.29, 0.717) is 18.1 Å². The van der Waals surface area contributed by atoms with Crippen molar-refractivity contribution in [3.8, 4) is 0 Å². The van der Waals surface area contributed by atoms with Crippen LogP contribution in [0.4, 0.5) is 9.93 Å². The fourth-order valence-electron chi connectivity index (χ4n) is 1.14. The van der Waals surface area contributed by atoms with E-state index >= 15 is 0 Å². The van der Waals surface area contributed by atoms with Gasteiger partial charge in [-0.05, 0) is 11.8 Å². The van der Waals surface area contributed by atoms with Crippen LogP contribution in [0, 0.1) is 5.41 Å². The van der Waals surface area contributed by atoms with E-state index in [2.05, 4.69) is 15.6 Å². The van der Waals surface area contributed by atoms with E-state index in [1.165, 1.54) is 11.3 Å². The van der Waals surface area contributed by atoms with Gasteiger partial charge < -0.3 is 10.4 Å². The van der Waals surface area contributed by atoms with Crippen LogP contribution >= 0.6 is 11.3 Å². The van der Waals surface area contributed by atoms with Crippen molar-refractivity contribution < 1.29 is 9.90 Å². The first kappa shape index (κ1) is 12.9. The highest BCUT2D eigenvalue weighted by Gasteiger charge is 2.18. The highest BCUT2D eigenvalue weighted by atomic mass is 32.1. The van der Waals surface area contributed by atoms with Crippen molar-refractivity contribution in [2.24, 2.45) is 5.41 Å². The molecule has 0 fully saturated rings. The highest BCUT2D eigenvalue weighted by Crippen LogP contribution is 2.18. The fourth-order valence-corrected chi connectivity index (χ4v) is 1.66. The maximum absolute atomic E-state index is 11.4. The van der Waals surface area contributed by atoms with E-state index in [4.69, 9.17) is 5.11 Å². The third-order valence-electron chi connectivity index (χ3n) is 2.17. The summed E-state index contributed by atoms with van der Waals surface area (Å²) in [5.74, 6) is 0. The van der Waals surface area contributed by atoms with Crippen molar-refractivity contribution in [1.82, 2.24) is 10.3 Å². The van der Waals surface area contributed by atoms with E-state index in [9.17, 15) is 4.79 Å². The quantitative estimate of drug-likeness (QED) is 0.736. The van der Waals surface area contributed by atoms with Gasteiger partial charge in [-0.3, -0.25) is 5.32 Å². The Morgan fingerprint density at radius 2 is 2.38 bits per heavy atom. The lowest BCUT2D eigenvalue weighted by Crippen LogP contribution is -2.37. The molecular formula is C10H17N3O2S. The zero-order valence-electron chi connectivity index (χ0n) is 9.49. The van der Waals surface area contributed by atoms with Crippen LogP contribution in [0.25, 0.3) is 0 Å². The molecule has 1 heterocycles. The molecule has 3 N–H and O–H groups in total. The summed E-state index contributed by atoms with van der Waals surface area (Å²) in [4.78, 5) is 15.4. The SMILES string of the molecule is CC(C)(CCO)CNC(=O)Nc1nccs1. The standard InChI is InChI=1S/C10H17N3O2S/c1-10(2,3-5-14)7-12-8(15)13-9-11-4-6-16-9/h4,6,14H,3,5,7H2,1-2H3,(H2,11,12,13,15). The number of anilines is 1. The molecule has 0 aliphatic heterocycles. The number of amides is 2. The minimum absolute atomic E-state index is 0.102. The Hall–Kier alpha value is -1.14. The van der Waals surface area contributed by atoms with Crippen LogP contribution in [0.3, 0.4) is 0 Å². The molecule has 90 valence electrons. The zero-order valence-corrected chi connectivity index (χ0v) is 10.3. The van der Waals surface area contributed by atoms with Gasteiger partial charge in [0.1, 0.15) is 0 Å². The molecule has 0 spiro atoms. The van der Waals surface area contributed by atoms with Crippen LogP contribution in [0.5, 0.6) is 0 Å². The number of aliphatic hydroxyl groups excluding tert-OH is 1. The average Bonchev–Trinajstić information content (AvgIpc) is 2.68. The molecule has 0 saturated carbocycles. The minimum atomic E-state index is -0.263. The summed E-state index contributed by atoms with van der Waals surface area (Å²) in [5.41, 5.74) is -0.102. The molecule has 0 unspecified atom stereocenters. The van der Waals surface area contributed by atoms with E-state index < -0.39 is 0 Å². The van der Waals surface area contributed by atoms with Gasteiger partial charge in [-0.1, -0.05) is 13.8 Å². The first-order valence-electron chi connectivity index (χ1n) is 5.09. The molecule has 0 bridgehead atoms. The molecule has 0 aliphatic rings. The highest BCUT2D eigenvalue weighted by molar-refractivity contribution is 7.13. The molecule has 0 aromatic carbocycles. The van der Waals surface area contributed by atoms with Crippen LogP contribution in [-0.4, -0.2) is 29.3 Å². The summed E-state index contributed by atoms with van der Waals surface area (Å²) in [5, 5.41) is 16.6. The number of rotatable bonds is 5. The molecular weight excluding hydrogens is 226 g/mol. The Labute approximate surface area is 98.9 Å². The van der Waals surface area contributed by atoms with Crippen LogP contribution in [0.2, 0.25) is 0 Å². The molecule has 0 atom stereocenters. The smallest absolute Gasteiger partial charge is 0.321 e. The number of carbonyl (C=O) groups is 1. The maximum atomic E-state index is 11.4. The molecule has 0 aliphatic carbocycles. The van der Waals surface area contributed by atoms with Gasteiger partial charge in [0, 0.05) is 24.7 Å². The van der Waals surface area contributed by atoms with Crippen molar-refractivity contribution in [3.05, 3.63) is 11.6 Å². The third kappa shape index (κ3) is 4.59. The second-order valence-corrected chi connectivity index (χ2v) is 5.18. The van der Waals surface area contributed by atoms with Gasteiger partial charge in [0.25, 0.3) is 0 Å². The van der Waals surface area contributed by atoms with Crippen LogP contribution < -0.4 is 10.6 Å². The molecule has 1 rings (SSSR count). The van der Waals surface area contributed by atoms with Gasteiger partial charge >= 0.3 is 6.03 Å². The first-order valence-corrected chi connectivity index (χ1v) is 5.97. The lowest BCUT2D eigenvalue weighted by Gasteiger charge is -2.23. The number of hydrogen-bond donors (Lipinski definition) is 3. The number of nitrogens with one attached hydrogen (secondary N) is 2. The molecule has 1 aromatic rings. The Bertz CT molecular complexity index is 325. The van der Waals surface area contributed by atoms with Crippen molar-refractivity contribution in [2.75, 3.05) is 18.5 Å². The summed E-state index contributed by atoms with van der Waals surface area (Å²) in [7, 11) is 0. The molecule has 0 saturated heterocycles. The lowest BCUT2D eigenvalue weighted by atomic mass is 9.90. The number of aliphatic hydroxyl groups is 1. The Morgan fingerprint density at radius 3 is 2.94 bits per heavy atom. The normalized spacial score (nSPS) is 11.2. The Balaban J connectivity index is 2.30. The first-order chi connectivity index (χ1) is 7.53. The maximum Gasteiger partial charge on any atom is 0.321 e. The lowest BCUT2D eigenvalue weighted by molar-refractivity contribution is 0.204. The monoisotopic (exact) mass is 243 g/mol. The number of aromatic nitrogens is 1. The van der Waals surface area contributed by atoms with E-state index in [1.54, 1.807) is 11.6 Å². The number of carbonyl (C=O) groups excluding carboxylic acids is 1. The largest absolute Gasteiger partial charge is 0.396 e. The number of urea groups is 1. The van der Waals surface area contributed by atoms with E-state index in [1.807, 2.05) is 13.8 Å². The average molecular weight is 243 g/mol. The topological polar surface area (TPSA) is 74.2 Å². The van der Waals surface area contributed by atoms with E-state index in [0.717, 1.165) is 0 Å². The van der Waals surface area contributed by atoms with Gasteiger partial charge in [-0.15, -0.1) is 11.3 Å². The molecule has 2 amide bonds. The van der Waals surface area contributed by atoms with Gasteiger partial charge in [-0.2, -0.15) is 0 Å². The van der Waals surface area contributed by atoms with Gasteiger partial charge in [0.05, 0.1) is 0 Å². The third-order valence-corrected chi connectivity index (χ3v) is 2.86. The zero-order chi connectivity index (χ0) is 12.0. The Morgan fingerprint density at radius 1 is 1.62 bits per heavy atom. The second-order valence-electron chi connectivity index (χ2n) is 4.28. The molecule has 0 radical (unpaired) electrons. The predicted octanol–water partition coefficient (Wildman–Crippen LogP) is 1.67. The van der Waals surface area contributed by atoms with Crippen LogP contribution in [0.15, 0.2) is 11.6 Å². The van der Waals surface area contributed by atoms with Gasteiger partial charge in [0.2, 0.25) is 0 Å². The Kier molecular flexibility index (Phi) is 4.70. The van der Waals surface area contributed by atoms with Gasteiger partial charge in [-0.25, -0.2) is 9.78 Å². The van der Waals surface area contributed by atoms with Gasteiger partial charge in [0.15, 0.2) is 5.13 Å². The second kappa shape index (κ2) is 5.81. The summed E-state index contributed by atoms with van der Waals surface area (Å²) in [6.07, 6.45) is 2.29. The molecule has 1 aromatic heterocycles. The predicted molar refractivity (Wildman–Crippen MR) is 64.6 cm³/mol. The van der Waals surface area contributed by atoms with Crippen molar-refractivity contribution >= 4 is 22.5 Å².